The fraction of sp³-hybridized carbons (Fsp3) is 0.471. The van der Waals surface area contributed by atoms with Crippen LogP contribution < -0.4 is 5.32 Å². The van der Waals surface area contributed by atoms with Gasteiger partial charge in [0.05, 0.1) is 13.2 Å². The molecule has 0 radical (unpaired) electrons. The van der Waals surface area contributed by atoms with Crippen LogP contribution in [0.2, 0.25) is 0 Å². The predicted octanol–water partition coefficient (Wildman–Crippen LogP) is 3.14. The molecule has 0 aliphatic carbocycles. The summed E-state index contributed by atoms with van der Waals surface area (Å²) >= 11 is 0. The smallest absolute Gasteiger partial charge is 0.0679 e. The van der Waals surface area contributed by atoms with Gasteiger partial charge >= 0.3 is 0 Å². The Labute approximate surface area is 126 Å². The lowest BCUT2D eigenvalue weighted by Gasteiger charge is -2.30. The van der Waals surface area contributed by atoms with Gasteiger partial charge in [0, 0.05) is 30.0 Å². The van der Waals surface area contributed by atoms with E-state index in [2.05, 4.69) is 36.4 Å². The SMILES string of the molecule is CCC(CC)(CO)CNc1ccccc1Cn1cccn1. The molecule has 0 aliphatic rings. The third-order valence-corrected chi connectivity index (χ3v) is 4.40. The zero-order valence-electron chi connectivity index (χ0n) is 12.9. The van der Waals surface area contributed by atoms with E-state index in [-0.39, 0.29) is 12.0 Å². The molecule has 1 aromatic heterocycles. The Morgan fingerprint density at radius 1 is 1.19 bits per heavy atom. The molecule has 0 spiro atoms. The van der Waals surface area contributed by atoms with Crippen molar-refractivity contribution in [1.29, 1.82) is 0 Å². The van der Waals surface area contributed by atoms with Crippen LogP contribution in [-0.4, -0.2) is 28.0 Å². The Bertz CT molecular complexity index is 524. The lowest BCUT2D eigenvalue weighted by atomic mass is 9.83. The van der Waals surface area contributed by atoms with Gasteiger partial charge in [-0.3, -0.25) is 4.68 Å². The molecule has 0 bridgehead atoms. The minimum Gasteiger partial charge on any atom is -0.396 e. The van der Waals surface area contributed by atoms with E-state index in [0.29, 0.717) is 0 Å². The second-order valence-electron chi connectivity index (χ2n) is 5.58. The number of nitrogens with zero attached hydrogens (tertiary/aromatic N) is 2. The van der Waals surface area contributed by atoms with E-state index < -0.39 is 0 Å². The van der Waals surface area contributed by atoms with Gasteiger partial charge in [-0.2, -0.15) is 5.10 Å². The van der Waals surface area contributed by atoms with Crippen LogP contribution in [0.3, 0.4) is 0 Å². The van der Waals surface area contributed by atoms with Crippen molar-refractivity contribution < 1.29 is 5.11 Å². The summed E-state index contributed by atoms with van der Waals surface area (Å²) in [4.78, 5) is 0. The number of para-hydroxylation sites is 1. The second-order valence-corrected chi connectivity index (χ2v) is 5.58. The van der Waals surface area contributed by atoms with Crippen molar-refractivity contribution in [2.24, 2.45) is 5.41 Å². The van der Waals surface area contributed by atoms with Crippen molar-refractivity contribution in [3.63, 3.8) is 0 Å². The molecule has 0 aliphatic heterocycles. The number of hydrogen-bond donors (Lipinski definition) is 2. The Hall–Kier alpha value is -1.81. The van der Waals surface area contributed by atoms with Crippen LogP contribution in [0.15, 0.2) is 42.7 Å². The molecule has 4 heteroatoms. The summed E-state index contributed by atoms with van der Waals surface area (Å²) in [6.45, 7) is 6.02. The van der Waals surface area contributed by atoms with Crippen LogP contribution >= 0.6 is 0 Å². The molecule has 0 atom stereocenters. The number of anilines is 1. The summed E-state index contributed by atoms with van der Waals surface area (Å²) in [5.74, 6) is 0. The van der Waals surface area contributed by atoms with E-state index in [0.717, 1.165) is 31.6 Å². The molecule has 0 saturated carbocycles. The van der Waals surface area contributed by atoms with Crippen LogP contribution in [0.1, 0.15) is 32.3 Å². The monoisotopic (exact) mass is 287 g/mol. The molecule has 1 heterocycles. The number of nitrogens with one attached hydrogen (secondary N) is 1. The largest absolute Gasteiger partial charge is 0.396 e. The van der Waals surface area contributed by atoms with Gasteiger partial charge in [-0.1, -0.05) is 32.0 Å². The number of aromatic nitrogens is 2. The van der Waals surface area contributed by atoms with Gasteiger partial charge in [-0.15, -0.1) is 0 Å². The highest BCUT2D eigenvalue weighted by atomic mass is 16.3. The molecule has 0 saturated heterocycles. The Morgan fingerprint density at radius 3 is 2.57 bits per heavy atom. The highest BCUT2D eigenvalue weighted by Gasteiger charge is 2.25. The van der Waals surface area contributed by atoms with Gasteiger partial charge < -0.3 is 10.4 Å². The number of aliphatic hydroxyl groups is 1. The minimum atomic E-state index is -0.0428. The summed E-state index contributed by atoms with van der Waals surface area (Å²) in [6, 6.07) is 10.2. The van der Waals surface area contributed by atoms with Gasteiger partial charge in [-0.25, -0.2) is 0 Å². The van der Waals surface area contributed by atoms with Crippen LogP contribution in [0.5, 0.6) is 0 Å². The van der Waals surface area contributed by atoms with E-state index >= 15 is 0 Å². The van der Waals surface area contributed by atoms with Gasteiger partial charge in [0.1, 0.15) is 0 Å². The average Bonchev–Trinajstić information content (AvgIpc) is 3.04. The molecule has 2 aromatic rings. The molecule has 2 N–H and O–H groups in total. The van der Waals surface area contributed by atoms with Crippen LogP contribution in [0, 0.1) is 5.41 Å². The van der Waals surface area contributed by atoms with Crippen LogP contribution in [-0.2, 0) is 6.54 Å². The first-order valence-electron chi connectivity index (χ1n) is 7.63. The highest BCUT2D eigenvalue weighted by molar-refractivity contribution is 5.51. The first-order chi connectivity index (χ1) is 10.2. The maximum absolute atomic E-state index is 9.68. The summed E-state index contributed by atoms with van der Waals surface area (Å²) in [6.07, 6.45) is 5.69. The van der Waals surface area contributed by atoms with E-state index in [4.69, 9.17) is 0 Å². The molecule has 2 rings (SSSR count). The Balaban J connectivity index is 2.09. The average molecular weight is 287 g/mol. The summed E-state index contributed by atoms with van der Waals surface area (Å²) in [7, 11) is 0. The number of rotatable bonds is 8. The van der Waals surface area contributed by atoms with Crippen molar-refractivity contribution in [2.75, 3.05) is 18.5 Å². The zero-order chi connectivity index (χ0) is 15.1. The molecule has 21 heavy (non-hydrogen) atoms. The molecule has 4 nitrogen and oxygen atoms in total. The number of hydrogen-bond acceptors (Lipinski definition) is 3. The van der Waals surface area contributed by atoms with Gasteiger partial charge in [0.15, 0.2) is 0 Å². The van der Waals surface area contributed by atoms with E-state index in [1.165, 1.54) is 5.56 Å². The van der Waals surface area contributed by atoms with Gasteiger partial charge in [-0.05, 0) is 30.5 Å². The Kier molecular flexibility index (Phi) is 5.39. The topological polar surface area (TPSA) is 50.1 Å². The zero-order valence-corrected chi connectivity index (χ0v) is 12.9. The molecule has 0 amide bonds. The predicted molar refractivity (Wildman–Crippen MR) is 86.4 cm³/mol. The lowest BCUT2D eigenvalue weighted by molar-refractivity contribution is 0.127. The number of aliphatic hydroxyl groups excluding tert-OH is 1. The molecular weight excluding hydrogens is 262 g/mol. The molecule has 0 fully saturated rings. The lowest BCUT2D eigenvalue weighted by Crippen LogP contribution is -2.32. The van der Waals surface area contributed by atoms with E-state index in [1.54, 1.807) is 6.20 Å². The summed E-state index contributed by atoms with van der Waals surface area (Å²) in [5.41, 5.74) is 2.28. The van der Waals surface area contributed by atoms with Crippen molar-refractivity contribution in [3.8, 4) is 0 Å². The fourth-order valence-corrected chi connectivity index (χ4v) is 2.46. The first kappa shape index (κ1) is 15.6. The molecule has 1 aromatic carbocycles. The molecular formula is C17H25N3O. The third kappa shape index (κ3) is 3.85. The molecule has 0 unspecified atom stereocenters. The fourth-order valence-electron chi connectivity index (χ4n) is 2.46. The van der Waals surface area contributed by atoms with E-state index in [9.17, 15) is 5.11 Å². The third-order valence-electron chi connectivity index (χ3n) is 4.40. The van der Waals surface area contributed by atoms with Crippen molar-refractivity contribution in [3.05, 3.63) is 48.3 Å². The van der Waals surface area contributed by atoms with Crippen LogP contribution in [0.25, 0.3) is 0 Å². The quantitative estimate of drug-likeness (QED) is 0.784. The maximum Gasteiger partial charge on any atom is 0.0679 e. The summed E-state index contributed by atoms with van der Waals surface area (Å²) in [5, 5.41) is 17.5. The van der Waals surface area contributed by atoms with Crippen LogP contribution in [0.4, 0.5) is 5.69 Å². The first-order valence-corrected chi connectivity index (χ1v) is 7.63. The second kappa shape index (κ2) is 7.27. The van der Waals surface area contributed by atoms with Crippen molar-refractivity contribution in [1.82, 2.24) is 9.78 Å². The summed E-state index contributed by atoms with van der Waals surface area (Å²) < 4.78 is 1.92. The van der Waals surface area contributed by atoms with Gasteiger partial charge in [0.2, 0.25) is 0 Å². The Morgan fingerprint density at radius 2 is 1.95 bits per heavy atom. The van der Waals surface area contributed by atoms with Gasteiger partial charge in [0.25, 0.3) is 0 Å². The minimum absolute atomic E-state index is 0.0428. The number of benzene rings is 1. The van der Waals surface area contributed by atoms with Crippen molar-refractivity contribution in [2.45, 2.75) is 33.2 Å². The maximum atomic E-state index is 9.68. The normalized spacial score (nSPS) is 11.6. The molecule has 114 valence electrons. The standard InChI is InChI=1S/C17H25N3O/c1-3-17(4-2,14-21)13-18-16-9-6-5-8-15(16)12-20-11-7-10-19-20/h5-11,18,21H,3-4,12-14H2,1-2H3. The highest BCUT2D eigenvalue weighted by Crippen LogP contribution is 2.27. The van der Waals surface area contributed by atoms with Crippen molar-refractivity contribution >= 4 is 5.69 Å². The van der Waals surface area contributed by atoms with E-state index in [1.807, 2.05) is 29.1 Å².